The van der Waals surface area contributed by atoms with Crippen molar-refractivity contribution in [2.45, 2.75) is 6.92 Å². The minimum atomic E-state index is -0.327. The molecule has 21 heavy (non-hydrogen) atoms. The molecule has 0 unspecified atom stereocenters. The highest BCUT2D eigenvalue weighted by atomic mass is 16.5. The minimum absolute atomic E-state index is 0.113. The summed E-state index contributed by atoms with van der Waals surface area (Å²) in [6.07, 6.45) is 1.53. The second-order valence-corrected chi connectivity index (χ2v) is 4.43. The third-order valence-electron chi connectivity index (χ3n) is 2.78. The number of rotatable bonds is 5. The molecule has 0 saturated heterocycles. The zero-order chi connectivity index (χ0) is 15.2. The molecule has 0 bridgehead atoms. The SMILES string of the molecule is CC(=O)NCCNC(=O)CN1C(=O)COc2cccnc21. The largest absolute Gasteiger partial charge is 0.480 e. The van der Waals surface area contributed by atoms with Crippen LogP contribution in [-0.4, -0.2) is 48.9 Å². The first-order valence-electron chi connectivity index (χ1n) is 6.47. The van der Waals surface area contributed by atoms with Crippen LogP contribution in [-0.2, 0) is 14.4 Å². The highest BCUT2D eigenvalue weighted by Gasteiger charge is 2.28. The summed E-state index contributed by atoms with van der Waals surface area (Å²) in [5.41, 5.74) is 0. The number of fused-ring (bicyclic) bond motifs is 1. The van der Waals surface area contributed by atoms with E-state index in [9.17, 15) is 14.4 Å². The quantitative estimate of drug-likeness (QED) is 0.682. The van der Waals surface area contributed by atoms with Crippen LogP contribution >= 0.6 is 0 Å². The average molecular weight is 292 g/mol. The fourth-order valence-electron chi connectivity index (χ4n) is 1.84. The summed E-state index contributed by atoms with van der Waals surface area (Å²) in [5, 5.41) is 5.18. The molecule has 2 N–H and O–H groups in total. The summed E-state index contributed by atoms with van der Waals surface area (Å²) in [5.74, 6) is 0.00468. The molecule has 0 radical (unpaired) electrons. The van der Waals surface area contributed by atoms with E-state index in [0.717, 1.165) is 0 Å². The molecule has 0 aliphatic carbocycles. The maximum absolute atomic E-state index is 11.8. The number of carbonyl (C=O) groups is 3. The Bertz CT molecular complexity index is 561. The lowest BCUT2D eigenvalue weighted by atomic mass is 10.3. The molecule has 1 aliphatic rings. The van der Waals surface area contributed by atoms with Crippen molar-refractivity contribution in [3.63, 3.8) is 0 Å². The monoisotopic (exact) mass is 292 g/mol. The lowest BCUT2D eigenvalue weighted by molar-refractivity contribution is -0.125. The molecule has 2 heterocycles. The molecule has 1 aliphatic heterocycles. The maximum Gasteiger partial charge on any atom is 0.266 e. The molecule has 8 heteroatoms. The number of amides is 3. The Morgan fingerprint density at radius 2 is 2.14 bits per heavy atom. The second kappa shape index (κ2) is 6.69. The standard InChI is InChI=1S/C13H16N4O4/c1-9(18)14-5-6-15-11(19)7-17-12(20)8-21-10-3-2-4-16-13(10)17/h2-4H,5-8H2,1H3,(H,14,18)(H,15,19). The Labute approximate surface area is 121 Å². The molecule has 0 atom stereocenters. The van der Waals surface area contributed by atoms with Gasteiger partial charge in [-0.1, -0.05) is 0 Å². The number of hydrogen-bond donors (Lipinski definition) is 2. The van der Waals surface area contributed by atoms with Crippen molar-refractivity contribution in [2.24, 2.45) is 0 Å². The molecule has 8 nitrogen and oxygen atoms in total. The highest BCUT2D eigenvalue weighted by Crippen LogP contribution is 2.28. The topological polar surface area (TPSA) is 101 Å². The maximum atomic E-state index is 11.8. The van der Waals surface area contributed by atoms with E-state index < -0.39 is 0 Å². The van der Waals surface area contributed by atoms with Crippen molar-refractivity contribution in [2.75, 3.05) is 31.1 Å². The first-order chi connectivity index (χ1) is 10.1. The van der Waals surface area contributed by atoms with Crippen LogP contribution in [0.1, 0.15) is 6.92 Å². The molecule has 3 amide bonds. The predicted molar refractivity (Wildman–Crippen MR) is 73.8 cm³/mol. The summed E-state index contributed by atoms with van der Waals surface area (Å²) in [6, 6.07) is 3.39. The van der Waals surface area contributed by atoms with E-state index >= 15 is 0 Å². The van der Waals surface area contributed by atoms with Gasteiger partial charge in [0.05, 0.1) is 0 Å². The van der Waals surface area contributed by atoms with Gasteiger partial charge in [0, 0.05) is 26.2 Å². The van der Waals surface area contributed by atoms with Crippen LogP contribution in [0.4, 0.5) is 5.82 Å². The molecule has 0 fully saturated rings. The fourth-order valence-corrected chi connectivity index (χ4v) is 1.84. The van der Waals surface area contributed by atoms with Crippen molar-refractivity contribution < 1.29 is 19.1 Å². The molecular formula is C13H16N4O4. The van der Waals surface area contributed by atoms with E-state index in [4.69, 9.17) is 4.74 Å². The van der Waals surface area contributed by atoms with Crippen LogP contribution in [0.15, 0.2) is 18.3 Å². The van der Waals surface area contributed by atoms with E-state index in [2.05, 4.69) is 15.6 Å². The van der Waals surface area contributed by atoms with E-state index in [1.807, 2.05) is 0 Å². The van der Waals surface area contributed by atoms with Gasteiger partial charge in [-0.3, -0.25) is 19.3 Å². The first-order valence-corrected chi connectivity index (χ1v) is 6.47. The van der Waals surface area contributed by atoms with E-state index in [-0.39, 0.29) is 30.9 Å². The molecule has 1 aromatic rings. The van der Waals surface area contributed by atoms with Crippen LogP contribution in [0.3, 0.4) is 0 Å². The number of nitrogens with one attached hydrogen (secondary N) is 2. The molecule has 112 valence electrons. The third-order valence-corrected chi connectivity index (χ3v) is 2.78. The van der Waals surface area contributed by atoms with Gasteiger partial charge in [0.25, 0.3) is 5.91 Å². The zero-order valence-corrected chi connectivity index (χ0v) is 11.6. The van der Waals surface area contributed by atoms with Gasteiger partial charge in [0.15, 0.2) is 18.2 Å². The Morgan fingerprint density at radius 3 is 2.90 bits per heavy atom. The van der Waals surface area contributed by atoms with Crippen molar-refractivity contribution in [3.05, 3.63) is 18.3 Å². The van der Waals surface area contributed by atoms with Gasteiger partial charge >= 0.3 is 0 Å². The summed E-state index contributed by atoms with van der Waals surface area (Å²) in [6.45, 7) is 1.79. The lowest BCUT2D eigenvalue weighted by Gasteiger charge is -2.27. The van der Waals surface area contributed by atoms with E-state index in [0.29, 0.717) is 24.7 Å². The smallest absolute Gasteiger partial charge is 0.266 e. The predicted octanol–water partition coefficient (Wildman–Crippen LogP) is -0.941. The van der Waals surface area contributed by atoms with Crippen LogP contribution in [0.5, 0.6) is 5.75 Å². The third kappa shape index (κ3) is 3.91. The van der Waals surface area contributed by atoms with Crippen molar-refractivity contribution in [1.82, 2.24) is 15.6 Å². The summed E-state index contributed by atoms with van der Waals surface area (Å²) in [4.78, 5) is 39.7. The van der Waals surface area contributed by atoms with Gasteiger partial charge in [-0.25, -0.2) is 4.98 Å². The van der Waals surface area contributed by atoms with Crippen molar-refractivity contribution in [3.8, 4) is 5.75 Å². The number of ether oxygens (including phenoxy) is 1. The summed E-state index contributed by atoms with van der Waals surface area (Å²) < 4.78 is 5.24. The summed E-state index contributed by atoms with van der Waals surface area (Å²) >= 11 is 0. The Hall–Kier alpha value is -2.64. The van der Waals surface area contributed by atoms with Crippen LogP contribution < -0.4 is 20.3 Å². The Balaban J connectivity index is 1.91. The Kier molecular flexibility index (Phi) is 4.70. The Morgan fingerprint density at radius 1 is 1.38 bits per heavy atom. The van der Waals surface area contributed by atoms with Gasteiger partial charge in [0.1, 0.15) is 6.54 Å². The van der Waals surface area contributed by atoms with E-state index in [1.165, 1.54) is 18.0 Å². The van der Waals surface area contributed by atoms with Gasteiger partial charge in [-0.15, -0.1) is 0 Å². The highest BCUT2D eigenvalue weighted by molar-refractivity contribution is 6.01. The van der Waals surface area contributed by atoms with Crippen LogP contribution in [0.25, 0.3) is 0 Å². The number of aromatic nitrogens is 1. The van der Waals surface area contributed by atoms with E-state index in [1.54, 1.807) is 12.1 Å². The number of hydrogen-bond acceptors (Lipinski definition) is 5. The van der Waals surface area contributed by atoms with Gasteiger partial charge in [-0.05, 0) is 12.1 Å². The molecule has 2 rings (SSSR count). The van der Waals surface area contributed by atoms with Gasteiger partial charge in [-0.2, -0.15) is 0 Å². The molecule has 0 aromatic carbocycles. The van der Waals surface area contributed by atoms with Crippen LogP contribution in [0.2, 0.25) is 0 Å². The number of anilines is 1. The van der Waals surface area contributed by atoms with Gasteiger partial charge < -0.3 is 15.4 Å². The fraction of sp³-hybridized carbons (Fsp3) is 0.385. The van der Waals surface area contributed by atoms with Crippen molar-refractivity contribution in [1.29, 1.82) is 0 Å². The minimum Gasteiger partial charge on any atom is -0.480 e. The van der Waals surface area contributed by atoms with Gasteiger partial charge in [0.2, 0.25) is 11.8 Å². The zero-order valence-electron chi connectivity index (χ0n) is 11.6. The number of pyridine rings is 1. The van der Waals surface area contributed by atoms with Crippen LogP contribution in [0, 0.1) is 0 Å². The molecule has 0 saturated carbocycles. The number of nitrogens with zero attached hydrogens (tertiary/aromatic N) is 2. The normalized spacial score (nSPS) is 13.2. The summed E-state index contributed by atoms with van der Waals surface area (Å²) in [7, 11) is 0. The second-order valence-electron chi connectivity index (χ2n) is 4.43. The first kappa shape index (κ1) is 14.8. The molecule has 1 aromatic heterocycles. The van der Waals surface area contributed by atoms with Crippen molar-refractivity contribution >= 4 is 23.5 Å². The number of carbonyl (C=O) groups excluding carboxylic acids is 3. The average Bonchev–Trinajstić information content (AvgIpc) is 2.46. The molecule has 0 spiro atoms. The molecular weight excluding hydrogens is 276 g/mol. The lowest BCUT2D eigenvalue weighted by Crippen LogP contribution is -2.46.